The van der Waals surface area contributed by atoms with Crippen LogP contribution in [0.4, 0.5) is 5.69 Å². The number of hydrogen-bond acceptors (Lipinski definition) is 2. The predicted octanol–water partition coefficient (Wildman–Crippen LogP) is 5.13. The standard InChI is InChI=1S/C22H22ClNO2/c1-14(25)24-12-18-9-16(21-11-19(21)13-26-2)5-3-15(18)4-6-17-10-20(23)7-8-22(17)24/h3-10,19,21H,11-13H2,1-2H3/b6-4-/t19-,21+/m0/s1. The first-order chi connectivity index (χ1) is 12.6. The fraction of sp³-hybridized carbons (Fsp3) is 0.318. The molecule has 0 aromatic heterocycles. The van der Waals surface area contributed by atoms with E-state index in [1.807, 2.05) is 29.2 Å². The number of carbonyl (C=O) groups is 1. The summed E-state index contributed by atoms with van der Waals surface area (Å²) in [4.78, 5) is 14.2. The van der Waals surface area contributed by atoms with Crippen molar-refractivity contribution in [2.45, 2.75) is 25.8 Å². The van der Waals surface area contributed by atoms with Gasteiger partial charge in [0.15, 0.2) is 0 Å². The van der Waals surface area contributed by atoms with E-state index in [9.17, 15) is 4.79 Å². The lowest BCUT2D eigenvalue weighted by Gasteiger charge is -2.26. The van der Waals surface area contributed by atoms with Crippen molar-refractivity contribution in [3.63, 3.8) is 0 Å². The Hall–Kier alpha value is -2.10. The molecule has 0 saturated heterocycles. The van der Waals surface area contributed by atoms with Crippen LogP contribution in [0.15, 0.2) is 36.4 Å². The Kier molecular flexibility index (Phi) is 4.60. The predicted molar refractivity (Wildman–Crippen MR) is 106 cm³/mol. The van der Waals surface area contributed by atoms with Crippen LogP contribution in [-0.4, -0.2) is 19.6 Å². The van der Waals surface area contributed by atoms with Gasteiger partial charge in [-0.2, -0.15) is 0 Å². The molecule has 0 bridgehead atoms. The molecule has 0 N–H and O–H groups in total. The highest BCUT2D eigenvalue weighted by Gasteiger charge is 2.38. The normalized spacial score (nSPS) is 22.0. The topological polar surface area (TPSA) is 29.5 Å². The van der Waals surface area contributed by atoms with Gasteiger partial charge in [0.2, 0.25) is 5.91 Å². The van der Waals surface area contributed by atoms with E-state index in [2.05, 4.69) is 24.3 Å². The molecule has 1 fully saturated rings. The minimum Gasteiger partial charge on any atom is -0.384 e. The Labute approximate surface area is 159 Å². The van der Waals surface area contributed by atoms with Crippen molar-refractivity contribution in [2.75, 3.05) is 18.6 Å². The molecule has 1 heterocycles. The number of fused-ring (bicyclic) bond motifs is 2. The first-order valence-corrected chi connectivity index (χ1v) is 9.32. The lowest BCUT2D eigenvalue weighted by Crippen LogP contribution is -2.29. The number of benzene rings is 2. The summed E-state index contributed by atoms with van der Waals surface area (Å²) in [7, 11) is 1.76. The maximum atomic E-state index is 12.3. The van der Waals surface area contributed by atoms with Crippen molar-refractivity contribution >= 4 is 35.3 Å². The number of ether oxygens (including phenoxy) is 1. The monoisotopic (exact) mass is 367 g/mol. The molecule has 1 aliphatic heterocycles. The van der Waals surface area contributed by atoms with Gasteiger partial charge in [-0.25, -0.2) is 0 Å². The van der Waals surface area contributed by atoms with Gasteiger partial charge in [-0.3, -0.25) is 4.79 Å². The highest BCUT2D eigenvalue weighted by molar-refractivity contribution is 6.30. The molecule has 4 heteroatoms. The van der Waals surface area contributed by atoms with Crippen molar-refractivity contribution in [1.82, 2.24) is 0 Å². The molecule has 134 valence electrons. The van der Waals surface area contributed by atoms with Gasteiger partial charge >= 0.3 is 0 Å². The molecule has 0 spiro atoms. The Balaban J connectivity index is 1.73. The van der Waals surface area contributed by atoms with E-state index < -0.39 is 0 Å². The lowest BCUT2D eigenvalue weighted by molar-refractivity contribution is -0.116. The summed E-state index contributed by atoms with van der Waals surface area (Å²) in [5.41, 5.74) is 5.54. The molecule has 0 unspecified atom stereocenters. The third-order valence-corrected chi connectivity index (χ3v) is 5.57. The van der Waals surface area contributed by atoms with Gasteiger partial charge in [-0.1, -0.05) is 42.0 Å². The molecule has 2 aromatic carbocycles. The van der Waals surface area contributed by atoms with E-state index in [4.69, 9.17) is 16.3 Å². The van der Waals surface area contributed by atoms with Crippen LogP contribution in [0.2, 0.25) is 5.02 Å². The van der Waals surface area contributed by atoms with Gasteiger partial charge in [0, 0.05) is 25.7 Å². The Morgan fingerprint density at radius 3 is 2.77 bits per heavy atom. The molecule has 1 amide bonds. The van der Waals surface area contributed by atoms with Gasteiger partial charge in [0.05, 0.1) is 12.2 Å². The third kappa shape index (κ3) is 3.29. The number of rotatable bonds is 3. The van der Waals surface area contributed by atoms with Crippen LogP contribution in [0.3, 0.4) is 0 Å². The number of halogens is 1. The van der Waals surface area contributed by atoms with E-state index >= 15 is 0 Å². The molecular weight excluding hydrogens is 346 g/mol. The first-order valence-electron chi connectivity index (χ1n) is 8.94. The fourth-order valence-electron chi connectivity index (χ4n) is 3.83. The summed E-state index contributed by atoms with van der Waals surface area (Å²) in [5, 5.41) is 0.672. The summed E-state index contributed by atoms with van der Waals surface area (Å²) < 4.78 is 5.29. The second-order valence-electron chi connectivity index (χ2n) is 7.16. The van der Waals surface area contributed by atoms with Gasteiger partial charge in [-0.05, 0) is 58.7 Å². The SMILES string of the molecule is COC[C@@H]1C[C@@H]1c1ccc2c(c1)CN(C(C)=O)c1ccc(Cl)cc1/C=C\2. The van der Waals surface area contributed by atoms with Crippen molar-refractivity contribution in [1.29, 1.82) is 0 Å². The summed E-state index contributed by atoms with van der Waals surface area (Å²) >= 11 is 6.15. The number of nitrogens with zero attached hydrogens (tertiary/aromatic N) is 1. The van der Waals surface area contributed by atoms with Gasteiger partial charge in [-0.15, -0.1) is 0 Å². The minimum absolute atomic E-state index is 0.0314. The molecule has 1 saturated carbocycles. The molecule has 4 rings (SSSR count). The smallest absolute Gasteiger partial charge is 0.224 e. The Morgan fingerprint density at radius 1 is 1.19 bits per heavy atom. The molecular formula is C22H22ClNO2. The Bertz CT molecular complexity index is 890. The van der Waals surface area contributed by atoms with Crippen LogP contribution in [0.5, 0.6) is 0 Å². The molecule has 3 nitrogen and oxygen atoms in total. The fourth-order valence-corrected chi connectivity index (χ4v) is 4.01. The number of amides is 1. The number of hydrogen-bond donors (Lipinski definition) is 0. The zero-order valence-corrected chi connectivity index (χ0v) is 15.8. The number of carbonyl (C=O) groups excluding carboxylic acids is 1. The highest BCUT2D eigenvalue weighted by atomic mass is 35.5. The molecule has 2 atom stereocenters. The van der Waals surface area contributed by atoms with Crippen LogP contribution in [0.1, 0.15) is 41.5 Å². The van der Waals surface area contributed by atoms with Gasteiger partial charge in [0.1, 0.15) is 0 Å². The van der Waals surface area contributed by atoms with Crippen LogP contribution in [0.25, 0.3) is 12.2 Å². The number of methoxy groups -OCH3 is 1. The van der Waals surface area contributed by atoms with Gasteiger partial charge in [0.25, 0.3) is 0 Å². The van der Waals surface area contributed by atoms with Crippen molar-refractivity contribution in [3.05, 3.63) is 63.7 Å². The van der Waals surface area contributed by atoms with Crippen LogP contribution < -0.4 is 4.90 Å². The second-order valence-corrected chi connectivity index (χ2v) is 7.59. The summed E-state index contributed by atoms with van der Waals surface area (Å²) in [6.45, 7) is 3.00. The zero-order valence-electron chi connectivity index (χ0n) is 15.0. The highest BCUT2D eigenvalue weighted by Crippen LogP contribution is 2.48. The average Bonchev–Trinajstić information content (AvgIpc) is 3.36. The average molecular weight is 368 g/mol. The van der Waals surface area contributed by atoms with E-state index in [0.717, 1.165) is 23.4 Å². The first kappa shape index (κ1) is 17.3. The van der Waals surface area contributed by atoms with Crippen LogP contribution >= 0.6 is 11.6 Å². The van der Waals surface area contributed by atoms with Crippen LogP contribution in [0, 0.1) is 5.92 Å². The molecule has 26 heavy (non-hydrogen) atoms. The maximum absolute atomic E-state index is 12.3. The van der Waals surface area contributed by atoms with Crippen molar-refractivity contribution in [3.8, 4) is 0 Å². The zero-order chi connectivity index (χ0) is 18.3. The van der Waals surface area contributed by atoms with E-state index in [0.29, 0.717) is 23.4 Å². The molecule has 2 aromatic rings. The summed E-state index contributed by atoms with van der Waals surface area (Å²) in [6.07, 6.45) is 5.34. The number of anilines is 1. The van der Waals surface area contributed by atoms with Crippen LogP contribution in [-0.2, 0) is 16.1 Å². The van der Waals surface area contributed by atoms with Crippen molar-refractivity contribution in [2.24, 2.45) is 5.92 Å². The minimum atomic E-state index is 0.0314. The van der Waals surface area contributed by atoms with E-state index in [-0.39, 0.29) is 5.91 Å². The molecule has 0 radical (unpaired) electrons. The third-order valence-electron chi connectivity index (χ3n) is 5.33. The summed E-state index contributed by atoms with van der Waals surface area (Å²) in [5.74, 6) is 1.23. The second kappa shape index (κ2) is 6.90. The Morgan fingerprint density at radius 2 is 2.00 bits per heavy atom. The van der Waals surface area contributed by atoms with Crippen molar-refractivity contribution < 1.29 is 9.53 Å². The quantitative estimate of drug-likeness (QED) is 0.752. The lowest BCUT2D eigenvalue weighted by atomic mass is 9.97. The van der Waals surface area contributed by atoms with E-state index in [1.165, 1.54) is 17.5 Å². The van der Waals surface area contributed by atoms with E-state index in [1.54, 1.807) is 14.0 Å². The molecule has 2 aliphatic rings. The van der Waals surface area contributed by atoms with Gasteiger partial charge < -0.3 is 9.64 Å². The summed E-state index contributed by atoms with van der Waals surface area (Å²) in [6, 6.07) is 12.3. The maximum Gasteiger partial charge on any atom is 0.224 e. The largest absolute Gasteiger partial charge is 0.384 e. The molecule has 1 aliphatic carbocycles.